The van der Waals surface area contributed by atoms with E-state index in [1.807, 2.05) is 45.4 Å². The largest absolute Gasteiger partial charge is 0.358 e. The second-order valence-electron chi connectivity index (χ2n) is 15.1. The van der Waals surface area contributed by atoms with Crippen LogP contribution >= 0.6 is 0 Å². The first kappa shape index (κ1) is 39.5. The predicted molar refractivity (Wildman–Crippen MR) is 220 cm³/mol. The molecule has 0 saturated carbocycles. The standard InChI is InChI=1S/C26H29N5O2.C18H17N3O4/c1-16(2)21-11-20(12-23-25(21)29(5)26(33)28(23)4)30-10-6-7-18-15-31(24(32)13-22(18)30)19-9-8-17(3)27-14-19;22-11-19-9-2-1-4-12-5-3-6-13-14(12)10-21(18(13)25)15-7-8-16(23)20-17(15)24/h8-9,11-16H,6-7,10H2,1-5H3;3,5-6,11,15H,2,7-10H2,(H,19,22)(H,20,23,24). The Balaban J connectivity index is 0.000000184. The number of hydrogen-bond acceptors (Lipinski definition) is 8. The summed E-state index contributed by atoms with van der Waals surface area (Å²) < 4.78 is 5.11. The number of imidazole rings is 1. The maximum atomic E-state index is 13.1. The smallest absolute Gasteiger partial charge is 0.328 e. The van der Waals surface area contributed by atoms with Crippen LogP contribution in [-0.4, -0.2) is 66.8 Å². The first-order valence-corrected chi connectivity index (χ1v) is 19.5. The highest BCUT2D eigenvalue weighted by atomic mass is 16.2. The summed E-state index contributed by atoms with van der Waals surface area (Å²) in [6, 6.07) is 14.5. The third-order valence-electron chi connectivity index (χ3n) is 11.0. The number of fused-ring (bicyclic) bond motifs is 3. The zero-order valence-electron chi connectivity index (χ0n) is 33.3. The van der Waals surface area contributed by atoms with Gasteiger partial charge in [-0.15, -0.1) is 0 Å². The van der Waals surface area contributed by atoms with Crippen molar-refractivity contribution < 1.29 is 19.2 Å². The van der Waals surface area contributed by atoms with Crippen LogP contribution in [0.4, 0.5) is 11.4 Å². The van der Waals surface area contributed by atoms with Gasteiger partial charge in [-0.1, -0.05) is 31.8 Å². The SMILES string of the molecule is Cc1ccc(-n2cc3c(cc2=O)N(c2cc(C(C)C)c4c(c2)n(C)c(=O)n4C)CCC3)cn1.O=CNCCC#Cc1cccc2c1CN(C1CCC(=O)NC1=O)C2=O. The molecule has 3 aromatic heterocycles. The molecular weight excluding hydrogens is 737 g/mol. The third-order valence-corrected chi connectivity index (χ3v) is 11.0. The Labute approximate surface area is 335 Å². The molecule has 2 aromatic carbocycles. The number of hydrogen-bond donors (Lipinski definition) is 2. The Morgan fingerprint density at radius 1 is 1.00 bits per heavy atom. The van der Waals surface area contributed by atoms with E-state index >= 15 is 0 Å². The normalized spacial score (nSPS) is 16.0. The van der Waals surface area contributed by atoms with Gasteiger partial charge in [0, 0.05) is 81.3 Å². The first-order chi connectivity index (χ1) is 27.9. The Hall–Kier alpha value is -6.75. The minimum absolute atomic E-state index is 0.0299. The van der Waals surface area contributed by atoms with E-state index in [-0.39, 0.29) is 35.4 Å². The maximum absolute atomic E-state index is 13.1. The number of nitrogens with zero attached hydrogens (tertiary/aromatic N) is 6. The summed E-state index contributed by atoms with van der Waals surface area (Å²) in [7, 11) is 3.64. The fraction of sp³-hybridized carbons (Fsp3) is 0.341. The molecule has 0 spiro atoms. The van der Waals surface area contributed by atoms with Crippen LogP contribution in [0.5, 0.6) is 0 Å². The van der Waals surface area contributed by atoms with Crippen molar-refractivity contribution in [1.29, 1.82) is 0 Å². The molecule has 14 heteroatoms. The number of rotatable bonds is 7. The lowest BCUT2D eigenvalue weighted by atomic mass is 9.98. The summed E-state index contributed by atoms with van der Waals surface area (Å²) in [6.07, 6.45) is 7.29. The average molecular weight is 783 g/mol. The highest BCUT2D eigenvalue weighted by Gasteiger charge is 2.39. The molecule has 1 fully saturated rings. The monoisotopic (exact) mass is 782 g/mol. The van der Waals surface area contributed by atoms with Gasteiger partial charge >= 0.3 is 5.69 Å². The average Bonchev–Trinajstić information content (AvgIpc) is 3.66. The van der Waals surface area contributed by atoms with Crippen LogP contribution in [-0.2, 0) is 41.4 Å². The number of aromatic nitrogens is 4. The van der Waals surface area contributed by atoms with Gasteiger partial charge in [0.15, 0.2) is 0 Å². The molecule has 5 aromatic rings. The second kappa shape index (κ2) is 16.4. The molecule has 298 valence electrons. The summed E-state index contributed by atoms with van der Waals surface area (Å²) in [5, 5.41) is 4.82. The van der Waals surface area contributed by atoms with Gasteiger partial charge in [0.25, 0.3) is 11.5 Å². The number of amides is 4. The van der Waals surface area contributed by atoms with Gasteiger partial charge in [0.2, 0.25) is 18.2 Å². The van der Waals surface area contributed by atoms with Crippen LogP contribution in [0.15, 0.2) is 70.5 Å². The van der Waals surface area contributed by atoms with Gasteiger partial charge in [-0.3, -0.25) is 48.0 Å². The Morgan fingerprint density at radius 3 is 2.53 bits per heavy atom. The Bertz CT molecular complexity index is 2640. The van der Waals surface area contributed by atoms with E-state index in [0.29, 0.717) is 37.9 Å². The molecule has 0 bridgehead atoms. The highest BCUT2D eigenvalue weighted by Crippen LogP contribution is 2.37. The van der Waals surface area contributed by atoms with Crippen LogP contribution in [0.2, 0.25) is 0 Å². The van der Waals surface area contributed by atoms with Gasteiger partial charge in [0.1, 0.15) is 6.04 Å². The molecule has 0 aliphatic carbocycles. The van der Waals surface area contributed by atoms with E-state index in [4.69, 9.17) is 0 Å². The highest BCUT2D eigenvalue weighted by molar-refractivity contribution is 6.05. The van der Waals surface area contributed by atoms with Gasteiger partial charge in [-0.05, 0) is 85.2 Å². The van der Waals surface area contributed by atoms with Crippen molar-refractivity contribution in [1.82, 2.24) is 34.2 Å². The second-order valence-corrected chi connectivity index (χ2v) is 15.1. The minimum Gasteiger partial charge on any atom is -0.358 e. The van der Waals surface area contributed by atoms with Crippen LogP contribution < -0.4 is 26.8 Å². The number of carbonyl (C=O) groups is 4. The molecule has 3 aliphatic heterocycles. The molecule has 1 atom stereocenters. The predicted octanol–water partition coefficient (Wildman–Crippen LogP) is 3.87. The van der Waals surface area contributed by atoms with Gasteiger partial charge in [0.05, 0.1) is 28.6 Å². The molecule has 2 N–H and O–H groups in total. The minimum atomic E-state index is -0.629. The van der Waals surface area contributed by atoms with Crippen LogP contribution in [0.25, 0.3) is 16.7 Å². The number of anilines is 2. The van der Waals surface area contributed by atoms with Crippen molar-refractivity contribution in [3.05, 3.63) is 115 Å². The van der Waals surface area contributed by atoms with Crippen molar-refractivity contribution in [3.8, 4) is 17.5 Å². The number of aryl methyl sites for hydroxylation is 4. The molecule has 3 aliphatic rings. The number of piperidine rings is 1. The fourth-order valence-electron chi connectivity index (χ4n) is 7.95. The van der Waals surface area contributed by atoms with Crippen molar-refractivity contribution in [2.45, 2.75) is 71.4 Å². The first-order valence-electron chi connectivity index (χ1n) is 19.5. The molecule has 1 saturated heterocycles. The topological polar surface area (TPSA) is 161 Å². The van der Waals surface area contributed by atoms with Crippen LogP contribution in [0, 0.1) is 18.8 Å². The quantitative estimate of drug-likeness (QED) is 0.109. The lowest BCUT2D eigenvalue weighted by molar-refractivity contribution is -0.137. The van der Waals surface area contributed by atoms with Crippen LogP contribution in [0.1, 0.15) is 83.8 Å². The molecular formula is C44H46N8O6. The van der Waals surface area contributed by atoms with Gasteiger partial charge in [-0.25, -0.2) is 4.79 Å². The van der Waals surface area contributed by atoms with Crippen molar-refractivity contribution in [2.75, 3.05) is 18.0 Å². The molecule has 6 heterocycles. The summed E-state index contributed by atoms with van der Waals surface area (Å²) in [6.45, 7) is 7.82. The number of pyridine rings is 2. The lowest BCUT2D eigenvalue weighted by Gasteiger charge is -2.32. The number of benzene rings is 2. The molecule has 0 radical (unpaired) electrons. The zero-order valence-corrected chi connectivity index (χ0v) is 33.3. The molecule has 4 amide bonds. The molecule has 8 rings (SSSR count). The Kier molecular flexibility index (Phi) is 11.2. The van der Waals surface area contributed by atoms with E-state index in [1.165, 1.54) is 4.90 Å². The van der Waals surface area contributed by atoms with Crippen molar-refractivity contribution >= 4 is 46.5 Å². The van der Waals surface area contributed by atoms with Gasteiger partial charge < -0.3 is 15.1 Å². The Morgan fingerprint density at radius 2 is 1.81 bits per heavy atom. The van der Waals surface area contributed by atoms with Crippen molar-refractivity contribution in [2.24, 2.45) is 14.1 Å². The van der Waals surface area contributed by atoms with E-state index < -0.39 is 11.9 Å². The van der Waals surface area contributed by atoms with E-state index in [2.05, 4.69) is 58.3 Å². The summed E-state index contributed by atoms with van der Waals surface area (Å²) >= 11 is 0. The molecule has 14 nitrogen and oxygen atoms in total. The number of carbonyl (C=O) groups excluding carboxylic acids is 4. The number of nitrogens with one attached hydrogen (secondary N) is 2. The summed E-state index contributed by atoms with van der Waals surface area (Å²) in [5.74, 6) is 5.30. The van der Waals surface area contributed by atoms with E-state index in [0.717, 1.165) is 75.4 Å². The fourth-order valence-corrected chi connectivity index (χ4v) is 7.95. The van der Waals surface area contributed by atoms with Crippen molar-refractivity contribution in [3.63, 3.8) is 0 Å². The van der Waals surface area contributed by atoms with E-state index in [9.17, 15) is 28.8 Å². The summed E-state index contributed by atoms with van der Waals surface area (Å²) in [4.78, 5) is 80.0. The van der Waals surface area contributed by atoms with Gasteiger partial charge in [-0.2, -0.15) is 0 Å². The zero-order chi connectivity index (χ0) is 41.2. The maximum Gasteiger partial charge on any atom is 0.328 e. The van der Waals surface area contributed by atoms with E-state index in [1.54, 1.807) is 38.1 Å². The third kappa shape index (κ3) is 7.55. The summed E-state index contributed by atoms with van der Waals surface area (Å²) in [5.41, 5.74) is 9.78. The molecule has 1 unspecified atom stereocenters. The lowest BCUT2D eigenvalue weighted by Crippen LogP contribution is -2.52. The number of imide groups is 1. The van der Waals surface area contributed by atoms with Crippen LogP contribution in [0.3, 0.4) is 0 Å². The molecule has 58 heavy (non-hydrogen) atoms.